The summed E-state index contributed by atoms with van der Waals surface area (Å²) in [5.41, 5.74) is 1.76. The van der Waals surface area contributed by atoms with Gasteiger partial charge in [0.05, 0.1) is 18.9 Å². The van der Waals surface area contributed by atoms with Crippen molar-refractivity contribution >= 4 is 11.3 Å². The van der Waals surface area contributed by atoms with E-state index in [-0.39, 0.29) is 6.61 Å². The highest BCUT2D eigenvalue weighted by Crippen LogP contribution is 2.32. The van der Waals surface area contributed by atoms with Crippen LogP contribution in [0.15, 0.2) is 18.2 Å². The Bertz CT molecular complexity index is 561. The van der Waals surface area contributed by atoms with Gasteiger partial charge in [-0.3, -0.25) is 0 Å². The Balaban J connectivity index is 2.18. The van der Waals surface area contributed by atoms with Crippen LogP contribution in [-0.2, 0) is 13.2 Å². The molecule has 20 heavy (non-hydrogen) atoms. The third-order valence-electron chi connectivity index (χ3n) is 2.94. The van der Waals surface area contributed by atoms with Crippen molar-refractivity contribution in [2.24, 2.45) is 0 Å². The predicted molar refractivity (Wildman–Crippen MR) is 79.5 cm³/mol. The minimum Gasteiger partial charge on any atom is -0.490 e. The summed E-state index contributed by atoms with van der Waals surface area (Å²) in [5.74, 6) is 1.26. The van der Waals surface area contributed by atoms with Crippen LogP contribution < -0.4 is 9.47 Å². The fourth-order valence-corrected chi connectivity index (χ4v) is 2.70. The quantitative estimate of drug-likeness (QED) is 0.888. The fraction of sp³-hybridized carbons (Fsp3) is 0.400. The Morgan fingerprint density at radius 1 is 1.25 bits per heavy atom. The number of aryl methyl sites for hydroxylation is 2. The molecule has 0 aliphatic heterocycles. The summed E-state index contributed by atoms with van der Waals surface area (Å²) in [6.07, 6.45) is 0. The van der Waals surface area contributed by atoms with Gasteiger partial charge < -0.3 is 14.6 Å². The minimum absolute atomic E-state index is 0.0772. The lowest BCUT2D eigenvalue weighted by atomic mass is 10.2. The van der Waals surface area contributed by atoms with Crippen LogP contribution in [-0.4, -0.2) is 16.7 Å². The summed E-state index contributed by atoms with van der Waals surface area (Å²) in [7, 11) is 0. The van der Waals surface area contributed by atoms with Crippen LogP contribution in [0.2, 0.25) is 0 Å². The molecule has 2 rings (SSSR count). The lowest BCUT2D eigenvalue weighted by Crippen LogP contribution is -2.02. The molecule has 0 unspecified atom stereocenters. The molecule has 0 aliphatic carbocycles. The van der Waals surface area contributed by atoms with Gasteiger partial charge in [-0.1, -0.05) is 12.1 Å². The molecule has 5 heteroatoms. The van der Waals surface area contributed by atoms with Crippen LogP contribution in [0.3, 0.4) is 0 Å². The van der Waals surface area contributed by atoms with E-state index < -0.39 is 0 Å². The summed E-state index contributed by atoms with van der Waals surface area (Å²) in [6.45, 7) is 6.82. The van der Waals surface area contributed by atoms with E-state index in [4.69, 9.17) is 9.47 Å². The van der Waals surface area contributed by atoms with Crippen LogP contribution in [0.4, 0.5) is 0 Å². The molecular formula is C15H19NO3S. The molecule has 0 radical (unpaired) electrons. The molecule has 0 saturated heterocycles. The first-order valence-corrected chi connectivity index (χ1v) is 7.38. The second-order valence-corrected chi connectivity index (χ2v) is 5.66. The van der Waals surface area contributed by atoms with E-state index in [0.29, 0.717) is 24.7 Å². The third kappa shape index (κ3) is 3.29. The van der Waals surface area contributed by atoms with Gasteiger partial charge in [0.25, 0.3) is 0 Å². The Labute approximate surface area is 123 Å². The molecule has 4 nitrogen and oxygen atoms in total. The average molecular weight is 293 g/mol. The summed E-state index contributed by atoms with van der Waals surface area (Å²) in [5, 5.41) is 10.3. The van der Waals surface area contributed by atoms with Crippen molar-refractivity contribution in [2.75, 3.05) is 6.61 Å². The van der Waals surface area contributed by atoms with Crippen LogP contribution in [0, 0.1) is 13.8 Å². The van der Waals surface area contributed by atoms with Crippen molar-refractivity contribution in [1.29, 1.82) is 0 Å². The largest absolute Gasteiger partial charge is 0.490 e. The first-order chi connectivity index (χ1) is 9.65. The van der Waals surface area contributed by atoms with Gasteiger partial charge in [-0.2, -0.15) is 0 Å². The maximum atomic E-state index is 9.41. The van der Waals surface area contributed by atoms with Gasteiger partial charge in [-0.15, -0.1) is 11.3 Å². The number of ether oxygens (including phenoxy) is 2. The second-order valence-electron chi connectivity index (χ2n) is 4.37. The van der Waals surface area contributed by atoms with Gasteiger partial charge in [0.1, 0.15) is 11.6 Å². The van der Waals surface area contributed by atoms with Gasteiger partial charge in [-0.05, 0) is 26.8 Å². The van der Waals surface area contributed by atoms with E-state index in [0.717, 1.165) is 16.3 Å². The molecule has 0 spiro atoms. The highest BCUT2D eigenvalue weighted by Gasteiger charge is 2.12. The maximum absolute atomic E-state index is 9.41. The van der Waals surface area contributed by atoms with E-state index >= 15 is 0 Å². The number of aliphatic hydroxyl groups is 1. The number of nitrogens with zero attached hydrogens (tertiary/aromatic N) is 1. The Kier molecular flexibility index (Phi) is 4.98. The second kappa shape index (κ2) is 6.72. The number of thiazole rings is 1. The van der Waals surface area contributed by atoms with Crippen molar-refractivity contribution in [3.63, 3.8) is 0 Å². The number of rotatable bonds is 6. The molecule has 1 aromatic carbocycles. The Hall–Kier alpha value is -1.59. The molecule has 0 bridgehead atoms. The number of hydrogen-bond acceptors (Lipinski definition) is 5. The zero-order valence-corrected chi connectivity index (χ0v) is 12.8. The Morgan fingerprint density at radius 3 is 2.65 bits per heavy atom. The van der Waals surface area contributed by atoms with E-state index in [9.17, 15) is 5.11 Å². The predicted octanol–water partition coefficient (Wildman–Crippen LogP) is 3.23. The number of para-hydroxylation sites is 1. The van der Waals surface area contributed by atoms with Gasteiger partial charge in [0.15, 0.2) is 11.5 Å². The van der Waals surface area contributed by atoms with Crippen molar-refractivity contribution in [3.05, 3.63) is 39.3 Å². The summed E-state index contributed by atoms with van der Waals surface area (Å²) in [6, 6.07) is 5.52. The maximum Gasteiger partial charge on any atom is 0.167 e. The van der Waals surface area contributed by atoms with Crippen molar-refractivity contribution in [2.45, 2.75) is 34.0 Å². The topological polar surface area (TPSA) is 51.6 Å². The van der Waals surface area contributed by atoms with Crippen LogP contribution in [0.5, 0.6) is 11.5 Å². The molecule has 1 N–H and O–H groups in total. The zero-order valence-electron chi connectivity index (χ0n) is 12.0. The monoisotopic (exact) mass is 293 g/mol. The average Bonchev–Trinajstić information content (AvgIpc) is 2.76. The highest BCUT2D eigenvalue weighted by atomic mass is 32.1. The minimum atomic E-state index is -0.0772. The number of benzene rings is 1. The summed E-state index contributed by atoms with van der Waals surface area (Å²) >= 11 is 1.63. The molecule has 0 fully saturated rings. The first-order valence-electron chi connectivity index (χ1n) is 6.57. The zero-order chi connectivity index (χ0) is 14.5. The third-order valence-corrected chi connectivity index (χ3v) is 3.99. The normalized spacial score (nSPS) is 10.6. The standard InChI is InChI=1S/C15H19NO3S/c1-4-18-13-7-5-6-12(8-17)15(13)19-9-14-16-10(2)11(3)20-14/h5-7,17H,4,8-9H2,1-3H3. The molecule has 0 atom stereocenters. The van der Waals surface area contributed by atoms with Crippen molar-refractivity contribution in [1.82, 2.24) is 4.98 Å². The number of hydrogen-bond donors (Lipinski definition) is 1. The SMILES string of the molecule is CCOc1cccc(CO)c1OCc1nc(C)c(C)s1. The molecule has 0 saturated carbocycles. The number of aliphatic hydroxyl groups excluding tert-OH is 1. The molecule has 0 aliphatic rings. The molecular weight excluding hydrogens is 274 g/mol. The molecule has 1 heterocycles. The first kappa shape index (κ1) is 14.8. The summed E-state index contributed by atoms with van der Waals surface area (Å²) < 4.78 is 11.4. The van der Waals surface area contributed by atoms with Crippen LogP contribution >= 0.6 is 11.3 Å². The van der Waals surface area contributed by atoms with Crippen LogP contribution in [0.25, 0.3) is 0 Å². The van der Waals surface area contributed by atoms with E-state index in [1.54, 1.807) is 11.3 Å². The van der Waals surface area contributed by atoms with Gasteiger partial charge in [0.2, 0.25) is 0 Å². The fourth-order valence-electron chi connectivity index (χ4n) is 1.85. The molecule has 2 aromatic rings. The lowest BCUT2D eigenvalue weighted by molar-refractivity contribution is 0.243. The smallest absolute Gasteiger partial charge is 0.167 e. The van der Waals surface area contributed by atoms with Crippen molar-refractivity contribution in [3.8, 4) is 11.5 Å². The lowest BCUT2D eigenvalue weighted by Gasteiger charge is -2.14. The number of aromatic nitrogens is 1. The van der Waals surface area contributed by atoms with Crippen molar-refractivity contribution < 1.29 is 14.6 Å². The van der Waals surface area contributed by atoms with E-state index in [1.165, 1.54) is 4.88 Å². The molecule has 1 aromatic heterocycles. The van der Waals surface area contributed by atoms with Crippen LogP contribution in [0.1, 0.15) is 28.1 Å². The summed E-state index contributed by atoms with van der Waals surface area (Å²) in [4.78, 5) is 5.64. The highest BCUT2D eigenvalue weighted by molar-refractivity contribution is 7.11. The van der Waals surface area contributed by atoms with E-state index in [1.807, 2.05) is 39.0 Å². The Morgan fingerprint density at radius 2 is 2.05 bits per heavy atom. The van der Waals surface area contributed by atoms with Gasteiger partial charge in [0, 0.05) is 10.4 Å². The van der Waals surface area contributed by atoms with Gasteiger partial charge in [-0.25, -0.2) is 4.98 Å². The van der Waals surface area contributed by atoms with E-state index in [2.05, 4.69) is 4.98 Å². The molecule has 108 valence electrons. The van der Waals surface area contributed by atoms with Gasteiger partial charge >= 0.3 is 0 Å². The molecule has 0 amide bonds.